The Morgan fingerprint density at radius 2 is 1.76 bits per heavy atom. The molecule has 1 aliphatic carbocycles. The summed E-state index contributed by atoms with van der Waals surface area (Å²) in [6, 6.07) is 5.05. The molecule has 0 aliphatic heterocycles. The van der Waals surface area contributed by atoms with Crippen LogP contribution >= 0.6 is 0 Å². The van der Waals surface area contributed by atoms with Gasteiger partial charge in [-0.2, -0.15) is 0 Å². The summed E-state index contributed by atoms with van der Waals surface area (Å²) in [6.45, 7) is 6.45. The van der Waals surface area contributed by atoms with Crippen molar-refractivity contribution in [1.82, 2.24) is 0 Å². The van der Waals surface area contributed by atoms with Gasteiger partial charge in [-0.05, 0) is 55.7 Å². The van der Waals surface area contributed by atoms with Gasteiger partial charge in [0.1, 0.15) is 0 Å². The molecule has 0 radical (unpaired) electrons. The lowest BCUT2D eigenvalue weighted by molar-refractivity contribution is 0.0970. The van der Waals surface area contributed by atoms with Crippen LogP contribution in [0.4, 0.5) is 4.39 Å². The monoisotopic (exact) mass is 236 g/mol. The molecule has 2 atom stereocenters. The van der Waals surface area contributed by atoms with E-state index < -0.39 is 0 Å². The first kappa shape index (κ1) is 12.4. The number of halogens is 1. The predicted octanol–water partition coefficient (Wildman–Crippen LogP) is 4.34. The van der Waals surface area contributed by atoms with Crippen molar-refractivity contribution in [2.45, 2.75) is 46.1 Å². The SMILES string of the molecule is Cc1ccc(F)c(OC2CC(C)CC(C)C2)c1. The van der Waals surface area contributed by atoms with Crippen molar-refractivity contribution in [3.8, 4) is 5.75 Å². The maximum absolute atomic E-state index is 13.6. The van der Waals surface area contributed by atoms with Crippen molar-refractivity contribution in [1.29, 1.82) is 0 Å². The first-order chi connectivity index (χ1) is 8.04. The molecule has 0 aromatic heterocycles. The maximum Gasteiger partial charge on any atom is 0.165 e. The third kappa shape index (κ3) is 3.21. The molecule has 2 unspecified atom stereocenters. The average molecular weight is 236 g/mol. The lowest BCUT2D eigenvalue weighted by atomic mass is 9.82. The highest BCUT2D eigenvalue weighted by Gasteiger charge is 2.25. The molecule has 0 heterocycles. The van der Waals surface area contributed by atoms with Crippen molar-refractivity contribution in [2.75, 3.05) is 0 Å². The maximum atomic E-state index is 13.6. The van der Waals surface area contributed by atoms with Crippen LogP contribution in [0, 0.1) is 24.6 Å². The van der Waals surface area contributed by atoms with Gasteiger partial charge in [0, 0.05) is 0 Å². The zero-order valence-electron chi connectivity index (χ0n) is 10.9. The van der Waals surface area contributed by atoms with E-state index in [2.05, 4.69) is 13.8 Å². The van der Waals surface area contributed by atoms with E-state index >= 15 is 0 Å². The van der Waals surface area contributed by atoms with Gasteiger partial charge in [-0.3, -0.25) is 0 Å². The van der Waals surface area contributed by atoms with Crippen molar-refractivity contribution >= 4 is 0 Å². The van der Waals surface area contributed by atoms with Crippen LogP contribution in [0.5, 0.6) is 5.75 Å². The summed E-state index contributed by atoms with van der Waals surface area (Å²) >= 11 is 0. The summed E-state index contributed by atoms with van der Waals surface area (Å²) in [5, 5.41) is 0. The summed E-state index contributed by atoms with van der Waals surface area (Å²) in [6.07, 6.45) is 3.51. The number of ether oxygens (including phenoxy) is 1. The first-order valence-electron chi connectivity index (χ1n) is 6.47. The summed E-state index contributed by atoms with van der Waals surface area (Å²) in [5.41, 5.74) is 1.04. The smallest absolute Gasteiger partial charge is 0.165 e. The molecule has 2 rings (SSSR count). The average Bonchev–Trinajstić information content (AvgIpc) is 2.22. The van der Waals surface area contributed by atoms with E-state index in [1.165, 1.54) is 12.5 Å². The van der Waals surface area contributed by atoms with E-state index in [4.69, 9.17) is 4.74 Å². The molecule has 0 saturated heterocycles. The Bertz CT molecular complexity index is 379. The van der Waals surface area contributed by atoms with E-state index in [0.29, 0.717) is 17.6 Å². The van der Waals surface area contributed by atoms with Crippen LogP contribution in [0.15, 0.2) is 18.2 Å². The molecule has 1 aromatic carbocycles. The predicted molar refractivity (Wildman–Crippen MR) is 67.7 cm³/mol. The van der Waals surface area contributed by atoms with Gasteiger partial charge in [-0.15, -0.1) is 0 Å². The lowest BCUT2D eigenvalue weighted by Gasteiger charge is -2.31. The molecule has 0 spiro atoms. The van der Waals surface area contributed by atoms with Gasteiger partial charge in [0.05, 0.1) is 6.10 Å². The lowest BCUT2D eigenvalue weighted by Crippen LogP contribution is -2.28. The topological polar surface area (TPSA) is 9.23 Å². The van der Waals surface area contributed by atoms with Crippen LogP contribution in [0.3, 0.4) is 0 Å². The van der Waals surface area contributed by atoms with Crippen molar-refractivity contribution in [2.24, 2.45) is 11.8 Å². The largest absolute Gasteiger partial charge is 0.487 e. The molecule has 2 heteroatoms. The Balaban J connectivity index is 2.07. The summed E-state index contributed by atoms with van der Waals surface area (Å²) < 4.78 is 19.4. The summed E-state index contributed by atoms with van der Waals surface area (Å²) in [7, 11) is 0. The van der Waals surface area contributed by atoms with Gasteiger partial charge in [0.25, 0.3) is 0 Å². The Labute approximate surface area is 103 Å². The Hall–Kier alpha value is -1.05. The van der Waals surface area contributed by atoms with Crippen LogP contribution in [-0.2, 0) is 0 Å². The highest BCUT2D eigenvalue weighted by atomic mass is 19.1. The molecular formula is C15H21FO. The minimum absolute atomic E-state index is 0.171. The number of hydrogen-bond acceptors (Lipinski definition) is 1. The van der Waals surface area contributed by atoms with E-state index in [9.17, 15) is 4.39 Å². The minimum atomic E-state index is -0.249. The molecule has 0 amide bonds. The van der Waals surface area contributed by atoms with E-state index in [1.54, 1.807) is 12.1 Å². The third-order valence-corrected chi connectivity index (χ3v) is 3.52. The van der Waals surface area contributed by atoms with Crippen LogP contribution in [0.1, 0.15) is 38.7 Å². The van der Waals surface area contributed by atoms with Gasteiger partial charge >= 0.3 is 0 Å². The number of hydrogen-bond donors (Lipinski definition) is 0. The van der Waals surface area contributed by atoms with Crippen LogP contribution in [-0.4, -0.2) is 6.10 Å². The zero-order valence-corrected chi connectivity index (χ0v) is 10.9. The van der Waals surface area contributed by atoms with E-state index in [1.807, 2.05) is 6.92 Å². The van der Waals surface area contributed by atoms with Crippen LogP contribution < -0.4 is 4.74 Å². The Morgan fingerprint density at radius 3 is 2.41 bits per heavy atom. The fourth-order valence-electron chi connectivity index (χ4n) is 2.85. The fraction of sp³-hybridized carbons (Fsp3) is 0.600. The van der Waals surface area contributed by atoms with Crippen LogP contribution in [0.2, 0.25) is 0 Å². The summed E-state index contributed by atoms with van der Waals surface area (Å²) in [5.74, 6) is 1.52. The first-order valence-corrected chi connectivity index (χ1v) is 6.47. The van der Waals surface area contributed by atoms with Crippen molar-refractivity contribution in [3.63, 3.8) is 0 Å². The van der Waals surface area contributed by atoms with E-state index in [-0.39, 0.29) is 11.9 Å². The highest BCUT2D eigenvalue weighted by molar-refractivity contribution is 5.29. The van der Waals surface area contributed by atoms with Gasteiger partial charge in [-0.1, -0.05) is 19.9 Å². The Morgan fingerprint density at radius 1 is 1.12 bits per heavy atom. The molecule has 1 fully saturated rings. The molecule has 0 N–H and O–H groups in total. The molecule has 17 heavy (non-hydrogen) atoms. The highest BCUT2D eigenvalue weighted by Crippen LogP contribution is 2.32. The molecule has 0 bridgehead atoms. The minimum Gasteiger partial charge on any atom is -0.487 e. The van der Waals surface area contributed by atoms with Gasteiger partial charge in [0.15, 0.2) is 11.6 Å². The second-order valence-corrected chi connectivity index (χ2v) is 5.59. The fourth-order valence-corrected chi connectivity index (χ4v) is 2.85. The molecule has 1 saturated carbocycles. The molecule has 1 aromatic rings. The molecular weight excluding hydrogens is 215 g/mol. The number of benzene rings is 1. The second kappa shape index (κ2) is 5.07. The third-order valence-electron chi connectivity index (χ3n) is 3.52. The zero-order chi connectivity index (χ0) is 12.4. The van der Waals surface area contributed by atoms with Crippen LogP contribution in [0.25, 0.3) is 0 Å². The van der Waals surface area contributed by atoms with Crippen molar-refractivity contribution < 1.29 is 9.13 Å². The standard InChI is InChI=1S/C15H21FO/c1-10-4-5-14(16)15(9-10)17-13-7-11(2)6-12(3)8-13/h4-5,9,11-13H,6-8H2,1-3H3. The number of rotatable bonds is 2. The van der Waals surface area contributed by atoms with Crippen molar-refractivity contribution in [3.05, 3.63) is 29.6 Å². The van der Waals surface area contributed by atoms with Gasteiger partial charge < -0.3 is 4.74 Å². The normalized spacial score (nSPS) is 29.1. The van der Waals surface area contributed by atoms with Gasteiger partial charge in [-0.25, -0.2) is 4.39 Å². The van der Waals surface area contributed by atoms with E-state index in [0.717, 1.165) is 18.4 Å². The quantitative estimate of drug-likeness (QED) is 0.742. The second-order valence-electron chi connectivity index (χ2n) is 5.59. The summed E-state index contributed by atoms with van der Waals surface area (Å²) in [4.78, 5) is 0. The number of aryl methyl sites for hydroxylation is 1. The van der Waals surface area contributed by atoms with Gasteiger partial charge in [0.2, 0.25) is 0 Å². The molecule has 1 nitrogen and oxygen atoms in total. The Kier molecular flexibility index (Phi) is 3.70. The molecule has 94 valence electrons. The molecule has 1 aliphatic rings.